The van der Waals surface area contributed by atoms with E-state index in [1.807, 2.05) is 11.4 Å². The number of halogens is 2. The van der Waals surface area contributed by atoms with Gasteiger partial charge >= 0.3 is 6.61 Å². The molecular formula is C19H20F2N2O4S. The van der Waals surface area contributed by atoms with E-state index in [9.17, 15) is 18.4 Å². The van der Waals surface area contributed by atoms with Gasteiger partial charge in [0.15, 0.2) is 11.5 Å². The number of benzene rings is 1. The molecule has 1 aromatic carbocycles. The van der Waals surface area contributed by atoms with E-state index < -0.39 is 6.61 Å². The highest BCUT2D eigenvalue weighted by atomic mass is 32.1. The SMILES string of the molecule is CCOc1cc(C(=O)N2CCN(C(=O)c3cccs3)CC2)ccc1OC(F)F. The summed E-state index contributed by atoms with van der Waals surface area (Å²) < 4.78 is 34.8. The number of hydrogen-bond donors (Lipinski definition) is 0. The number of hydrogen-bond acceptors (Lipinski definition) is 5. The summed E-state index contributed by atoms with van der Waals surface area (Å²) >= 11 is 1.39. The minimum absolute atomic E-state index is 0.0331. The van der Waals surface area contributed by atoms with Crippen molar-refractivity contribution in [2.24, 2.45) is 0 Å². The fraction of sp³-hybridized carbons (Fsp3) is 0.368. The zero-order valence-electron chi connectivity index (χ0n) is 15.3. The first-order valence-corrected chi connectivity index (χ1v) is 9.71. The molecular weight excluding hydrogens is 390 g/mol. The molecule has 1 aliphatic rings. The number of carbonyl (C=O) groups excluding carboxylic acids is 2. The summed E-state index contributed by atoms with van der Waals surface area (Å²) in [5, 5.41) is 1.85. The molecule has 0 bridgehead atoms. The van der Waals surface area contributed by atoms with Crippen LogP contribution >= 0.6 is 11.3 Å². The Bertz CT molecular complexity index is 821. The third-order valence-electron chi connectivity index (χ3n) is 4.29. The van der Waals surface area contributed by atoms with Crippen LogP contribution in [0.3, 0.4) is 0 Å². The van der Waals surface area contributed by atoms with Gasteiger partial charge in [-0.2, -0.15) is 8.78 Å². The van der Waals surface area contributed by atoms with Crippen LogP contribution in [0, 0.1) is 0 Å². The van der Waals surface area contributed by atoms with Crippen molar-refractivity contribution in [3.8, 4) is 11.5 Å². The third-order valence-corrected chi connectivity index (χ3v) is 5.15. The van der Waals surface area contributed by atoms with Gasteiger partial charge in [0.1, 0.15) is 0 Å². The standard InChI is InChI=1S/C19H20F2N2O4S/c1-2-26-15-12-13(5-6-14(15)27-19(20)21)17(24)22-7-9-23(10-8-22)18(25)16-4-3-11-28-16/h3-6,11-12,19H,2,7-10H2,1H3. The smallest absolute Gasteiger partial charge is 0.387 e. The van der Waals surface area contributed by atoms with Crippen LogP contribution in [0.5, 0.6) is 11.5 Å². The van der Waals surface area contributed by atoms with E-state index in [1.54, 1.807) is 22.8 Å². The molecule has 6 nitrogen and oxygen atoms in total. The molecule has 2 amide bonds. The van der Waals surface area contributed by atoms with Crippen molar-refractivity contribution in [3.63, 3.8) is 0 Å². The lowest BCUT2D eigenvalue weighted by atomic mass is 10.1. The lowest BCUT2D eigenvalue weighted by molar-refractivity contribution is -0.0514. The molecule has 0 atom stereocenters. The van der Waals surface area contributed by atoms with Gasteiger partial charge in [0.25, 0.3) is 11.8 Å². The Hall–Kier alpha value is -2.68. The summed E-state index contributed by atoms with van der Waals surface area (Å²) in [4.78, 5) is 29.2. The van der Waals surface area contributed by atoms with E-state index in [-0.39, 0.29) is 29.9 Å². The summed E-state index contributed by atoms with van der Waals surface area (Å²) in [6.45, 7) is 0.658. The Morgan fingerprint density at radius 3 is 2.32 bits per heavy atom. The molecule has 1 fully saturated rings. The number of rotatable bonds is 6. The van der Waals surface area contributed by atoms with E-state index in [4.69, 9.17) is 4.74 Å². The van der Waals surface area contributed by atoms with Gasteiger partial charge in [0.05, 0.1) is 11.5 Å². The molecule has 28 heavy (non-hydrogen) atoms. The van der Waals surface area contributed by atoms with E-state index in [2.05, 4.69) is 4.74 Å². The average molecular weight is 410 g/mol. The molecule has 0 radical (unpaired) electrons. The van der Waals surface area contributed by atoms with Crippen molar-refractivity contribution < 1.29 is 27.8 Å². The predicted molar refractivity (Wildman–Crippen MR) is 100 cm³/mol. The molecule has 9 heteroatoms. The molecule has 0 N–H and O–H groups in total. The molecule has 150 valence electrons. The molecule has 1 aromatic heterocycles. The van der Waals surface area contributed by atoms with Crippen LogP contribution in [-0.2, 0) is 0 Å². The predicted octanol–water partition coefficient (Wildman–Crippen LogP) is 3.35. The summed E-state index contributed by atoms with van der Waals surface area (Å²) in [6, 6.07) is 7.76. The van der Waals surface area contributed by atoms with Gasteiger partial charge in [0, 0.05) is 31.7 Å². The molecule has 3 rings (SSSR count). The molecule has 2 aromatic rings. The average Bonchev–Trinajstić information content (AvgIpc) is 3.23. The first kappa shape index (κ1) is 20.1. The molecule has 1 aliphatic heterocycles. The second kappa shape index (κ2) is 9.01. The van der Waals surface area contributed by atoms with Crippen LogP contribution in [0.1, 0.15) is 27.0 Å². The number of alkyl halides is 2. The highest BCUT2D eigenvalue weighted by Gasteiger charge is 2.26. The van der Waals surface area contributed by atoms with Crippen LogP contribution < -0.4 is 9.47 Å². The van der Waals surface area contributed by atoms with Crippen molar-refractivity contribution in [1.29, 1.82) is 0 Å². The monoisotopic (exact) mass is 410 g/mol. The number of ether oxygens (including phenoxy) is 2. The maximum absolute atomic E-state index is 12.8. The minimum atomic E-state index is -2.98. The van der Waals surface area contributed by atoms with Crippen LogP contribution in [0.4, 0.5) is 8.78 Å². The van der Waals surface area contributed by atoms with E-state index in [0.717, 1.165) is 0 Å². The normalized spacial score (nSPS) is 14.3. The van der Waals surface area contributed by atoms with Gasteiger partial charge in [-0.15, -0.1) is 11.3 Å². The van der Waals surface area contributed by atoms with Crippen molar-refractivity contribution >= 4 is 23.2 Å². The Balaban J connectivity index is 1.66. The Morgan fingerprint density at radius 2 is 1.75 bits per heavy atom. The van der Waals surface area contributed by atoms with Gasteiger partial charge in [-0.1, -0.05) is 6.07 Å². The Kier molecular flexibility index (Phi) is 6.45. The zero-order valence-corrected chi connectivity index (χ0v) is 16.1. The van der Waals surface area contributed by atoms with Gasteiger partial charge in [0.2, 0.25) is 0 Å². The van der Waals surface area contributed by atoms with Crippen LogP contribution in [-0.4, -0.2) is 61.0 Å². The Morgan fingerprint density at radius 1 is 1.07 bits per heavy atom. The number of thiophene rings is 1. The van der Waals surface area contributed by atoms with Crippen LogP contribution in [0.25, 0.3) is 0 Å². The molecule has 0 unspecified atom stereocenters. The van der Waals surface area contributed by atoms with Crippen molar-refractivity contribution in [2.75, 3.05) is 32.8 Å². The Labute approximate surface area is 165 Å². The lowest BCUT2D eigenvalue weighted by Gasteiger charge is -2.34. The summed E-state index contributed by atoms with van der Waals surface area (Å²) in [6.07, 6.45) is 0. The molecule has 2 heterocycles. The first-order chi connectivity index (χ1) is 13.5. The third kappa shape index (κ3) is 4.59. The van der Waals surface area contributed by atoms with Crippen LogP contribution in [0.2, 0.25) is 0 Å². The number of carbonyl (C=O) groups is 2. The molecule has 0 spiro atoms. The molecule has 0 saturated carbocycles. The maximum Gasteiger partial charge on any atom is 0.387 e. The second-order valence-corrected chi connectivity index (χ2v) is 6.98. The molecule has 0 aliphatic carbocycles. The fourth-order valence-corrected chi connectivity index (χ4v) is 3.64. The van der Waals surface area contributed by atoms with Crippen molar-refractivity contribution in [2.45, 2.75) is 13.5 Å². The van der Waals surface area contributed by atoms with Gasteiger partial charge in [-0.05, 0) is 36.6 Å². The van der Waals surface area contributed by atoms with E-state index in [1.165, 1.54) is 29.5 Å². The number of amides is 2. The summed E-state index contributed by atoms with van der Waals surface area (Å²) in [5.74, 6) is -0.290. The quantitative estimate of drug-likeness (QED) is 0.733. The minimum Gasteiger partial charge on any atom is -0.490 e. The molecule has 1 saturated heterocycles. The van der Waals surface area contributed by atoms with Crippen molar-refractivity contribution in [1.82, 2.24) is 9.80 Å². The second-order valence-electron chi connectivity index (χ2n) is 6.03. The van der Waals surface area contributed by atoms with Gasteiger partial charge in [-0.25, -0.2) is 0 Å². The largest absolute Gasteiger partial charge is 0.490 e. The first-order valence-electron chi connectivity index (χ1n) is 8.83. The highest BCUT2D eigenvalue weighted by Crippen LogP contribution is 2.30. The van der Waals surface area contributed by atoms with Crippen LogP contribution in [0.15, 0.2) is 35.7 Å². The fourth-order valence-electron chi connectivity index (χ4n) is 2.95. The summed E-state index contributed by atoms with van der Waals surface area (Å²) in [7, 11) is 0. The number of nitrogens with zero attached hydrogens (tertiary/aromatic N) is 2. The maximum atomic E-state index is 12.8. The lowest BCUT2D eigenvalue weighted by Crippen LogP contribution is -2.50. The topological polar surface area (TPSA) is 59.1 Å². The van der Waals surface area contributed by atoms with Gasteiger partial charge in [-0.3, -0.25) is 9.59 Å². The van der Waals surface area contributed by atoms with E-state index >= 15 is 0 Å². The zero-order chi connectivity index (χ0) is 20.1. The number of piperazine rings is 1. The van der Waals surface area contributed by atoms with Crippen molar-refractivity contribution in [3.05, 3.63) is 46.2 Å². The highest BCUT2D eigenvalue weighted by molar-refractivity contribution is 7.12. The van der Waals surface area contributed by atoms with E-state index in [0.29, 0.717) is 36.6 Å². The summed E-state index contributed by atoms with van der Waals surface area (Å²) in [5.41, 5.74) is 0.322. The van der Waals surface area contributed by atoms with Gasteiger partial charge < -0.3 is 19.3 Å².